The number of hydrogen-bond acceptors (Lipinski definition) is 0. The van der Waals surface area contributed by atoms with E-state index in [1.165, 1.54) is 0 Å². The van der Waals surface area contributed by atoms with E-state index in [9.17, 15) is 0 Å². The first-order valence-corrected chi connectivity index (χ1v) is 4.62. The summed E-state index contributed by atoms with van der Waals surface area (Å²) < 4.78 is 0. The van der Waals surface area contributed by atoms with Crippen LogP contribution in [0, 0.1) is 0 Å². The van der Waals surface area contributed by atoms with Crippen LogP contribution in [0.1, 0.15) is 0 Å². The average Bonchev–Trinajstić information content (AvgIpc) is 2.16. The minimum absolute atomic E-state index is 0.354. The molecule has 0 N–H and O–H groups in total. The summed E-state index contributed by atoms with van der Waals surface area (Å²) in [5.74, 6) is 0. The van der Waals surface area contributed by atoms with Crippen molar-refractivity contribution in [1.82, 2.24) is 0 Å². The summed E-state index contributed by atoms with van der Waals surface area (Å²) in [4.78, 5) is 0. The molecule has 13 heavy (non-hydrogen) atoms. The molecule has 0 aromatic heterocycles. The molecule has 54 valence electrons. The minimum Gasteiger partial charge on any atom is -0.122 e. The minimum atomic E-state index is 0.354. The molecule has 0 heterocycles. The van der Waals surface area contributed by atoms with Gasteiger partial charge in [0.1, 0.15) is 0 Å². The van der Waals surface area contributed by atoms with Crippen LogP contribution in [0.25, 0.3) is 0 Å². The monoisotopic (exact) mass is 158 g/mol. The summed E-state index contributed by atoms with van der Waals surface area (Å²) in [5, 5.41) is 0. The number of rotatable bonds is 9. The molecule has 0 spiro atoms. The van der Waals surface area contributed by atoms with Crippen molar-refractivity contribution in [2.24, 2.45) is 0 Å². The van der Waals surface area contributed by atoms with Crippen LogP contribution in [0.4, 0.5) is 0 Å². The van der Waals surface area contributed by atoms with E-state index < -0.39 is 0 Å². The molecule has 0 aliphatic heterocycles. The van der Waals surface area contributed by atoms with Gasteiger partial charge in [-0.3, -0.25) is 0 Å². The molecule has 8 heteroatoms. The topological polar surface area (TPSA) is 0 Å². The van der Waals surface area contributed by atoms with Gasteiger partial charge >= 0.3 is 0 Å². The Morgan fingerprint density at radius 1 is 1.46 bits per heavy atom. The molecule has 0 aliphatic rings. The molecule has 0 nitrogen and oxygen atoms in total. The predicted molar refractivity (Wildman–Crippen MR) is 71.7 cm³/mol. The lowest BCUT2D eigenvalue weighted by molar-refractivity contribution is 1.73. The predicted octanol–water partition coefficient (Wildman–Crippen LogP) is -0.862. The highest BCUT2D eigenvalue weighted by Crippen LogP contribution is 1.90. The summed E-state index contributed by atoms with van der Waals surface area (Å²) in [6, 6.07) is 0. The zero-order valence-corrected chi connectivity index (χ0v) is 8.32. The molecule has 0 rings (SSSR count). The van der Waals surface area contributed by atoms with Gasteiger partial charge < -0.3 is 0 Å². The third-order valence-corrected chi connectivity index (χ3v) is 1.70. The standard InChI is InChI=1S/C5H10B8/c1-3-4-13(10-6)9-5-8-12-11-7-2/h3H,1,4-5H2,2H3. The highest BCUT2D eigenvalue weighted by atomic mass is 13.5. The lowest BCUT2D eigenvalue weighted by Crippen LogP contribution is -2.32. The fourth-order valence-electron chi connectivity index (χ4n) is 0.967. The van der Waals surface area contributed by atoms with Crippen molar-refractivity contribution in [1.29, 1.82) is 0 Å². The first-order chi connectivity index (χ1) is 6.35. The zero-order valence-electron chi connectivity index (χ0n) is 8.32. The molecule has 0 aliphatic carbocycles. The van der Waals surface area contributed by atoms with Gasteiger partial charge in [0.2, 0.25) is 0 Å². The molecule has 0 unspecified atom stereocenters. The Labute approximate surface area is 89.3 Å². The summed E-state index contributed by atoms with van der Waals surface area (Å²) >= 11 is 0. The van der Waals surface area contributed by atoms with Gasteiger partial charge in [-0.15, -0.1) is 25.7 Å². The molecule has 0 aromatic rings. The van der Waals surface area contributed by atoms with Gasteiger partial charge in [0.15, 0.2) is 0 Å². The molecular weight excluding hydrogens is 147 g/mol. The SMILES string of the molecule is [B][B]B([B]C[B][B][B][B]C)CC=C. The second-order valence-corrected chi connectivity index (χ2v) is 2.81. The van der Waals surface area contributed by atoms with Gasteiger partial charge in [0.05, 0.1) is 20.8 Å². The zero-order chi connectivity index (χ0) is 9.94. The Bertz CT molecular complexity index is 117. The van der Waals surface area contributed by atoms with Crippen molar-refractivity contribution < 1.29 is 0 Å². The maximum absolute atomic E-state index is 5.46. The van der Waals surface area contributed by atoms with Crippen LogP contribution in [0.2, 0.25) is 19.4 Å². The number of hydrogen-bond donors (Lipinski definition) is 0. The third kappa shape index (κ3) is 8.59. The largest absolute Gasteiger partial charge is 0.122 e. The smallest absolute Gasteiger partial charge is 0.0590 e. The Morgan fingerprint density at radius 3 is 2.77 bits per heavy atom. The molecule has 0 saturated carbocycles. The van der Waals surface area contributed by atoms with E-state index >= 15 is 0 Å². The highest BCUT2D eigenvalue weighted by molar-refractivity contribution is 7.52. The van der Waals surface area contributed by atoms with Crippen LogP contribution in [0.3, 0.4) is 0 Å². The van der Waals surface area contributed by atoms with Crippen LogP contribution < -0.4 is 0 Å². The average molecular weight is 157 g/mol. The molecule has 0 aromatic carbocycles. The second kappa shape index (κ2) is 10.3. The Hall–Kier alpha value is 0.259. The van der Waals surface area contributed by atoms with E-state index in [0.29, 0.717) is 6.49 Å². The second-order valence-electron chi connectivity index (χ2n) is 2.81. The first-order valence-electron chi connectivity index (χ1n) is 4.62. The molecular formula is C5H10B8. The van der Waals surface area contributed by atoms with Gasteiger partial charge in [0, 0.05) is 36.1 Å². The molecule has 0 amide bonds. The quantitative estimate of drug-likeness (QED) is 0.232. The van der Waals surface area contributed by atoms with Gasteiger partial charge in [0.25, 0.3) is 0 Å². The first kappa shape index (κ1) is 13.3. The van der Waals surface area contributed by atoms with E-state index in [-0.39, 0.29) is 0 Å². The van der Waals surface area contributed by atoms with Crippen LogP contribution in [0.5, 0.6) is 0 Å². The van der Waals surface area contributed by atoms with Crippen molar-refractivity contribution in [3.63, 3.8) is 0 Å². The summed E-state index contributed by atoms with van der Waals surface area (Å²) in [6.45, 7) is 6.04. The fourth-order valence-corrected chi connectivity index (χ4v) is 0.967. The van der Waals surface area contributed by atoms with Crippen molar-refractivity contribution in [2.45, 2.75) is 19.4 Å². The van der Waals surface area contributed by atoms with Crippen molar-refractivity contribution in [3.8, 4) is 0 Å². The van der Waals surface area contributed by atoms with Crippen molar-refractivity contribution in [2.75, 3.05) is 0 Å². The van der Waals surface area contributed by atoms with Crippen LogP contribution in [-0.2, 0) is 0 Å². The van der Waals surface area contributed by atoms with E-state index in [2.05, 4.69) is 20.9 Å². The fraction of sp³-hybridized carbons (Fsp3) is 0.600. The van der Waals surface area contributed by atoms with E-state index in [1.807, 2.05) is 34.2 Å². The molecule has 0 saturated heterocycles. The van der Waals surface area contributed by atoms with Crippen molar-refractivity contribution >= 4 is 56.9 Å². The summed E-state index contributed by atoms with van der Waals surface area (Å²) in [5.41, 5.74) is 0. The molecule has 0 bridgehead atoms. The van der Waals surface area contributed by atoms with Gasteiger partial charge in [-0.1, -0.05) is 6.32 Å². The van der Waals surface area contributed by atoms with Gasteiger partial charge in [-0.25, -0.2) is 0 Å². The van der Waals surface area contributed by atoms with E-state index in [4.69, 9.17) is 7.74 Å². The highest BCUT2D eigenvalue weighted by Gasteiger charge is 2.08. The Morgan fingerprint density at radius 2 is 2.23 bits per heavy atom. The van der Waals surface area contributed by atoms with Crippen LogP contribution in [-0.4, -0.2) is 56.9 Å². The lowest BCUT2D eigenvalue weighted by atomic mass is 8.95. The van der Waals surface area contributed by atoms with Crippen molar-refractivity contribution in [3.05, 3.63) is 12.7 Å². The third-order valence-electron chi connectivity index (χ3n) is 1.70. The van der Waals surface area contributed by atoms with E-state index in [1.54, 1.807) is 7.06 Å². The summed E-state index contributed by atoms with van der Waals surface area (Å²) in [7, 11) is 17.5. The lowest BCUT2D eigenvalue weighted by Gasteiger charge is -2.06. The molecule has 8 radical (unpaired) electrons. The van der Waals surface area contributed by atoms with Gasteiger partial charge in [-0.05, 0) is 0 Å². The van der Waals surface area contributed by atoms with Gasteiger partial charge in [-0.2, -0.15) is 0 Å². The maximum atomic E-state index is 5.46. The molecule has 0 fully saturated rings. The van der Waals surface area contributed by atoms with Crippen LogP contribution >= 0.6 is 0 Å². The normalized spacial score (nSPS) is 8.08. The van der Waals surface area contributed by atoms with E-state index in [0.717, 1.165) is 12.5 Å². The summed E-state index contributed by atoms with van der Waals surface area (Å²) in [6.07, 6.45) is 3.77. The Balaban J connectivity index is 3.22. The Kier molecular flexibility index (Phi) is 10.5. The number of allylic oxidation sites excluding steroid dienone is 1. The molecule has 0 atom stereocenters. The van der Waals surface area contributed by atoms with Crippen LogP contribution in [0.15, 0.2) is 12.7 Å². The maximum Gasteiger partial charge on any atom is 0.0590 e.